The van der Waals surface area contributed by atoms with Crippen molar-refractivity contribution >= 4 is 27.3 Å². The van der Waals surface area contributed by atoms with Crippen LogP contribution in [0, 0.1) is 0 Å². The van der Waals surface area contributed by atoms with Crippen LogP contribution in [-0.2, 0) is 28.4 Å². The lowest BCUT2D eigenvalue weighted by Gasteiger charge is -2.15. The molecule has 1 heterocycles. The Bertz CT molecular complexity index is 1350. The molecule has 1 N–H and O–H groups in total. The van der Waals surface area contributed by atoms with Crippen LogP contribution in [0.15, 0.2) is 70.4 Å². The van der Waals surface area contributed by atoms with Crippen LogP contribution in [-0.4, -0.2) is 25.1 Å². The van der Waals surface area contributed by atoms with E-state index in [4.69, 9.17) is 11.6 Å². The number of hydrogen-bond donors (Lipinski definition) is 1. The SMILES string of the molecule is CS(=O)(=O)c1ccc(CNC(=O)c2ccc(CCl)n(-c3cccc(C(F)(F)F)c3)c2=O)cc1. The normalized spacial score (nSPS) is 11.9. The van der Waals surface area contributed by atoms with Crippen LogP contribution in [0.1, 0.15) is 27.2 Å². The summed E-state index contributed by atoms with van der Waals surface area (Å²) in [4.78, 5) is 25.8. The average molecular weight is 499 g/mol. The summed E-state index contributed by atoms with van der Waals surface area (Å²) in [5.41, 5.74) is -1.32. The number of rotatable bonds is 6. The van der Waals surface area contributed by atoms with Crippen molar-refractivity contribution in [2.45, 2.75) is 23.5 Å². The molecule has 3 rings (SSSR count). The van der Waals surface area contributed by atoms with Gasteiger partial charge in [-0.25, -0.2) is 8.42 Å². The van der Waals surface area contributed by atoms with Crippen molar-refractivity contribution in [3.8, 4) is 5.69 Å². The summed E-state index contributed by atoms with van der Waals surface area (Å²) < 4.78 is 63.4. The predicted molar refractivity (Wildman–Crippen MR) is 117 cm³/mol. The predicted octanol–water partition coefficient (Wildman–Crippen LogP) is 3.93. The Balaban J connectivity index is 1.90. The van der Waals surface area contributed by atoms with Crippen molar-refractivity contribution < 1.29 is 26.4 Å². The Morgan fingerprint density at radius 1 is 1.06 bits per heavy atom. The number of carbonyl (C=O) groups is 1. The molecule has 0 saturated heterocycles. The van der Waals surface area contributed by atoms with Crippen LogP contribution in [0.25, 0.3) is 5.69 Å². The van der Waals surface area contributed by atoms with Crippen molar-refractivity contribution in [3.63, 3.8) is 0 Å². The Labute approximate surface area is 192 Å². The highest BCUT2D eigenvalue weighted by molar-refractivity contribution is 7.90. The van der Waals surface area contributed by atoms with E-state index in [1.807, 2.05) is 0 Å². The lowest BCUT2D eigenvalue weighted by Crippen LogP contribution is -2.33. The van der Waals surface area contributed by atoms with Crippen molar-refractivity contribution in [2.24, 2.45) is 0 Å². The van der Waals surface area contributed by atoms with Gasteiger partial charge < -0.3 is 5.32 Å². The van der Waals surface area contributed by atoms with Gasteiger partial charge in [-0.1, -0.05) is 18.2 Å². The van der Waals surface area contributed by atoms with E-state index in [-0.39, 0.29) is 34.3 Å². The second-order valence-electron chi connectivity index (χ2n) is 7.16. The van der Waals surface area contributed by atoms with Gasteiger partial charge in [-0.05, 0) is 48.0 Å². The maximum atomic E-state index is 13.1. The minimum Gasteiger partial charge on any atom is -0.348 e. The standard InChI is InChI=1S/C22H18ClF3N2O4S/c1-33(31,32)18-8-5-14(6-9-18)13-27-20(29)19-10-7-17(12-23)28(21(19)30)16-4-2-3-15(11-16)22(24,25)26/h2-11H,12-13H2,1H3,(H,27,29). The van der Waals surface area contributed by atoms with Crippen molar-refractivity contribution in [1.29, 1.82) is 0 Å². The first-order valence-corrected chi connectivity index (χ1v) is 11.9. The summed E-state index contributed by atoms with van der Waals surface area (Å²) in [5.74, 6) is -0.908. The third-order valence-corrected chi connectivity index (χ3v) is 6.18. The molecule has 0 unspecified atom stereocenters. The van der Waals surface area contributed by atoms with Crippen LogP contribution < -0.4 is 10.9 Å². The molecular weight excluding hydrogens is 481 g/mol. The molecule has 1 amide bonds. The van der Waals surface area contributed by atoms with Crippen LogP contribution in [0.3, 0.4) is 0 Å². The first-order chi connectivity index (χ1) is 15.4. The van der Waals surface area contributed by atoms with Gasteiger partial charge in [0.2, 0.25) is 0 Å². The van der Waals surface area contributed by atoms with Crippen LogP contribution >= 0.6 is 11.6 Å². The smallest absolute Gasteiger partial charge is 0.348 e. The van der Waals surface area contributed by atoms with E-state index in [0.717, 1.165) is 29.0 Å². The molecule has 0 spiro atoms. The molecule has 0 aliphatic rings. The highest BCUT2D eigenvalue weighted by atomic mass is 35.5. The molecule has 6 nitrogen and oxygen atoms in total. The van der Waals surface area contributed by atoms with Crippen molar-refractivity contribution in [3.05, 3.63) is 93.4 Å². The number of carbonyl (C=O) groups excluding carboxylic acids is 1. The van der Waals surface area contributed by atoms with E-state index < -0.39 is 33.0 Å². The van der Waals surface area contributed by atoms with E-state index in [1.165, 1.54) is 42.5 Å². The van der Waals surface area contributed by atoms with Crippen LogP contribution in [0.5, 0.6) is 0 Å². The third kappa shape index (κ3) is 5.63. The molecule has 0 bridgehead atoms. The molecule has 3 aromatic rings. The quantitative estimate of drug-likeness (QED) is 0.522. The molecule has 174 valence electrons. The molecule has 0 atom stereocenters. The van der Waals surface area contributed by atoms with Gasteiger partial charge in [-0.3, -0.25) is 14.2 Å². The van der Waals surface area contributed by atoms with Crippen LogP contribution in [0.4, 0.5) is 13.2 Å². The number of benzene rings is 2. The van der Waals surface area contributed by atoms with Crippen LogP contribution in [0.2, 0.25) is 0 Å². The fourth-order valence-corrected chi connectivity index (χ4v) is 3.93. The van der Waals surface area contributed by atoms with Crippen molar-refractivity contribution in [2.75, 3.05) is 6.26 Å². The second-order valence-corrected chi connectivity index (χ2v) is 9.44. The second kappa shape index (κ2) is 9.40. The van der Waals surface area contributed by atoms with E-state index in [2.05, 4.69) is 5.32 Å². The van der Waals surface area contributed by atoms with Gasteiger partial charge in [0.05, 0.1) is 16.3 Å². The molecule has 1 aromatic heterocycles. The van der Waals surface area contributed by atoms with Gasteiger partial charge in [-0.15, -0.1) is 11.6 Å². The maximum absolute atomic E-state index is 13.1. The van der Waals surface area contributed by atoms with Crippen molar-refractivity contribution in [1.82, 2.24) is 9.88 Å². The summed E-state index contributed by atoms with van der Waals surface area (Å²) in [6, 6.07) is 12.6. The minimum absolute atomic E-state index is 0.00311. The van der Waals surface area contributed by atoms with Gasteiger partial charge in [0, 0.05) is 24.2 Å². The van der Waals surface area contributed by atoms with E-state index in [0.29, 0.717) is 5.56 Å². The Morgan fingerprint density at radius 3 is 2.30 bits per heavy atom. The fourth-order valence-electron chi connectivity index (χ4n) is 3.09. The first-order valence-electron chi connectivity index (χ1n) is 9.47. The fraction of sp³-hybridized carbons (Fsp3) is 0.182. The number of aromatic nitrogens is 1. The van der Waals surface area contributed by atoms with Gasteiger partial charge >= 0.3 is 6.18 Å². The monoisotopic (exact) mass is 498 g/mol. The summed E-state index contributed by atoms with van der Waals surface area (Å²) in [6.07, 6.45) is -3.54. The zero-order valence-electron chi connectivity index (χ0n) is 17.2. The summed E-state index contributed by atoms with van der Waals surface area (Å²) in [5, 5.41) is 2.55. The minimum atomic E-state index is -4.61. The highest BCUT2D eigenvalue weighted by Crippen LogP contribution is 2.30. The number of pyridine rings is 1. The van der Waals surface area contributed by atoms with Gasteiger partial charge in [0.15, 0.2) is 9.84 Å². The molecule has 0 saturated carbocycles. The maximum Gasteiger partial charge on any atom is 0.416 e. The Kier molecular flexibility index (Phi) is 6.99. The topological polar surface area (TPSA) is 85.2 Å². The van der Waals surface area contributed by atoms with Gasteiger partial charge in [0.1, 0.15) is 5.56 Å². The van der Waals surface area contributed by atoms with E-state index in [9.17, 15) is 31.2 Å². The zero-order chi connectivity index (χ0) is 24.4. The molecule has 2 aromatic carbocycles. The third-order valence-electron chi connectivity index (χ3n) is 4.78. The number of halogens is 4. The molecule has 0 aliphatic carbocycles. The van der Waals surface area contributed by atoms with E-state index >= 15 is 0 Å². The number of hydrogen-bond acceptors (Lipinski definition) is 4. The lowest BCUT2D eigenvalue weighted by molar-refractivity contribution is -0.137. The molecule has 0 radical (unpaired) electrons. The molecular formula is C22H18ClF3N2O4S. The Hall–Kier alpha value is -3.11. The summed E-state index contributed by atoms with van der Waals surface area (Å²) in [7, 11) is -3.36. The summed E-state index contributed by atoms with van der Waals surface area (Å²) in [6.45, 7) is 0.00311. The van der Waals surface area contributed by atoms with E-state index in [1.54, 1.807) is 0 Å². The highest BCUT2D eigenvalue weighted by Gasteiger charge is 2.31. The zero-order valence-corrected chi connectivity index (χ0v) is 18.8. The number of amides is 1. The Morgan fingerprint density at radius 2 is 1.73 bits per heavy atom. The molecule has 0 aliphatic heterocycles. The number of sulfone groups is 1. The summed E-state index contributed by atoms with van der Waals surface area (Å²) >= 11 is 5.88. The lowest BCUT2D eigenvalue weighted by atomic mass is 10.1. The number of nitrogens with one attached hydrogen (secondary N) is 1. The largest absolute Gasteiger partial charge is 0.416 e. The molecule has 0 fully saturated rings. The molecule has 11 heteroatoms. The number of nitrogens with zero attached hydrogens (tertiary/aromatic N) is 1. The van der Waals surface area contributed by atoms with Gasteiger partial charge in [-0.2, -0.15) is 13.2 Å². The van der Waals surface area contributed by atoms with Gasteiger partial charge in [0.25, 0.3) is 11.5 Å². The first kappa shape index (κ1) is 24.5. The average Bonchev–Trinajstić information content (AvgIpc) is 2.76. The number of alkyl halides is 4. The molecule has 33 heavy (non-hydrogen) atoms.